The van der Waals surface area contributed by atoms with E-state index in [-0.39, 0.29) is 35.7 Å². The highest BCUT2D eigenvalue weighted by molar-refractivity contribution is 5.95. The lowest BCUT2D eigenvalue weighted by atomic mass is 9.46. The van der Waals surface area contributed by atoms with Gasteiger partial charge in [-0.15, -0.1) is 0 Å². The molecule has 144 valence electrons. The van der Waals surface area contributed by atoms with Gasteiger partial charge in [-0.05, 0) is 68.4 Å². The standard InChI is InChI=1S/C21H30O5/c1-11(22)12-5-7-21(26)14-8-16(23)15-9-17(24)18(25)10-19(15,2)13(14)4-6-20(12,21)3/h8,12-13,15,17-18,24-26H,4-7,9-10H2,1-3H3/t12?,13?,15?,17?,18?,19?,20?,21-/m1/s1. The molecule has 0 aliphatic heterocycles. The van der Waals surface area contributed by atoms with Crippen LogP contribution in [0.3, 0.4) is 0 Å². The summed E-state index contributed by atoms with van der Waals surface area (Å²) in [4.78, 5) is 25.1. The maximum absolute atomic E-state index is 12.9. The van der Waals surface area contributed by atoms with Crippen molar-refractivity contribution in [3.05, 3.63) is 11.6 Å². The number of allylic oxidation sites excluding steroid dienone is 1. The van der Waals surface area contributed by atoms with Gasteiger partial charge in [-0.3, -0.25) is 9.59 Å². The van der Waals surface area contributed by atoms with Gasteiger partial charge in [0.05, 0.1) is 17.8 Å². The summed E-state index contributed by atoms with van der Waals surface area (Å²) in [7, 11) is 0. The van der Waals surface area contributed by atoms with Crippen molar-refractivity contribution in [2.75, 3.05) is 0 Å². The van der Waals surface area contributed by atoms with Gasteiger partial charge in [0, 0.05) is 17.3 Å². The molecule has 0 aromatic carbocycles. The highest BCUT2D eigenvalue weighted by Crippen LogP contribution is 2.67. The van der Waals surface area contributed by atoms with E-state index in [0.29, 0.717) is 19.3 Å². The Morgan fingerprint density at radius 2 is 1.81 bits per heavy atom. The first-order chi connectivity index (χ1) is 12.0. The maximum Gasteiger partial charge on any atom is 0.159 e. The third kappa shape index (κ3) is 2.08. The normalized spacial score (nSPS) is 53.4. The first kappa shape index (κ1) is 18.3. The summed E-state index contributed by atoms with van der Waals surface area (Å²) in [5.74, 6) is -0.406. The van der Waals surface area contributed by atoms with Crippen LogP contribution in [0, 0.1) is 28.6 Å². The fourth-order valence-corrected chi connectivity index (χ4v) is 7.02. The highest BCUT2D eigenvalue weighted by Gasteiger charge is 2.67. The predicted molar refractivity (Wildman–Crippen MR) is 95.1 cm³/mol. The van der Waals surface area contributed by atoms with Crippen LogP contribution in [0.5, 0.6) is 0 Å². The lowest BCUT2D eigenvalue weighted by Gasteiger charge is -2.59. The number of aliphatic hydroxyl groups excluding tert-OH is 2. The van der Waals surface area contributed by atoms with Gasteiger partial charge in [-0.1, -0.05) is 13.8 Å². The van der Waals surface area contributed by atoms with E-state index in [1.165, 1.54) is 0 Å². The first-order valence-electron chi connectivity index (χ1n) is 9.89. The van der Waals surface area contributed by atoms with Crippen molar-refractivity contribution in [3.8, 4) is 0 Å². The lowest BCUT2D eigenvalue weighted by molar-refractivity contribution is -0.153. The van der Waals surface area contributed by atoms with Crippen LogP contribution in [0.4, 0.5) is 0 Å². The molecule has 3 fully saturated rings. The number of Topliss-reactive ketones (excluding diaryl/α,β-unsaturated/α-hetero) is 1. The van der Waals surface area contributed by atoms with Crippen LogP contribution in [-0.2, 0) is 9.59 Å². The number of ketones is 2. The third-order valence-corrected chi connectivity index (χ3v) is 8.61. The van der Waals surface area contributed by atoms with Gasteiger partial charge in [0.15, 0.2) is 5.78 Å². The zero-order valence-electron chi connectivity index (χ0n) is 15.9. The Hall–Kier alpha value is -1.04. The van der Waals surface area contributed by atoms with Gasteiger partial charge in [-0.25, -0.2) is 0 Å². The molecule has 4 aliphatic rings. The second-order valence-corrected chi connectivity index (χ2v) is 9.71. The monoisotopic (exact) mass is 362 g/mol. The molecule has 4 aliphatic carbocycles. The van der Waals surface area contributed by atoms with Crippen LogP contribution in [-0.4, -0.2) is 44.7 Å². The molecule has 0 aromatic heterocycles. The third-order valence-electron chi connectivity index (χ3n) is 8.61. The fraction of sp³-hybridized carbons (Fsp3) is 0.810. The zero-order valence-corrected chi connectivity index (χ0v) is 15.9. The molecule has 5 heteroatoms. The molecule has 4 rings (SSSR count). The molecule has 0 bridgehead atoms. The molecule has 8 atom stereocenters. The van der Waals surface area contributed by atoms with E-state index >= 15 is 0 Å². The minimum absolute atomic E-state index is 0.0103. The Morgan fingerprint density at radius 1 is 1.12 bits per heavy atom. The Bertz CT molecular complexity index is 699. The molecule has 0 heterocycles. The number of hydrogen-bond acceptors (Lipinski definition) is 5. The van der Waals surface area contributed by atoms with Gasteiger partial charge in [-0.2, -0.15) is 0 Å². The molecule has 0 aromatic rings. The number of hydrogen-bond donors (Lipinski definition) is 3. The summed E-state index contributed by atoms with van der Waals surface area (Å²) in [5.41, 5.74) is -1.33. The number of aliphatic hydroxyl groups is 3. The Kier molecular flexibility index (Phi) is 3.87. The van der Waals surface area contributed by atoms with E-state index in [9.17, 15) is 24.9 Å². The quantitative estimate of drug-likeness (QED) is 0.661. The highest BCUT2D eigenvalue weighted by atomic mass is 16.3. The van der Waals surface area contributed by atoms with Crippen LogP contribution < -0.4 is 0 Å². The van der Waals surface area contributed by atoms with Gasteiger partial charge in [0.2, 0.25) is 0 Å². The second kappa shape index (κ2) is 5.49. The van der Waals surface area contributed by atoms with E-state index in [2.05, 4.69) is 0 Å². The molecule has 3 saturated carbocycles. The van der Waals surface area contributed by atoms with Crippen molar-refractivity contribution in [2.45, 2.75) is 77.1 Å². The van der Waals surface area contributed by atoms with Crippen molar-refractivity contribution >= 4 is 11.6 Å². The zero-order chi connectivity index (χ0) is 19.1. The van der Waals surface area contributed by atoms with Gasteiger partial charge >= 0.3 is 0 Å². The Labute approximate surface area is 154 Å². The number of fused-ring (bicyclic) bond motifs is 5. The van der Waals surface area contributed by atoms with Crippen molar-refractivity contribution in [2.24, 2.45) is 28.6 Å². The van der Waals surface area contributed by atoms with Crippen LogP contribution in [0.25, 0.3) is 0 Å². The first-order valence-corrected chi connectivity index (χ1v) is 9.89. The molecular weight excluding hydrogens is 332 g/mol. The van der Waals surface area contributed by atoms with Crippen molar-refractivity contribution < 1.29 is 24.9 Å². The molecule has 26 heavy (non-hydrogen) atoms. The summed E-state index contributed by atoms with van der Waals surface area (Å²) < 4.78 is 0. The molecule has 0 spiro atoms. The summed E-state index contributed by atoms with van der Waals surface area (Å²) in [6, 6.07) is 0. The van der Waals surface area contributed by atoms with Crippen molar-refractivity contribution in [3.63, 3.8) is 0 Å². The summed E-state index contributed by atoms with van der Waals surface area (Å²) >= 11 is 0. The molecule has 0 amide bonds. The van der Waals surface area contributed by atoms with Crippen molar-refractivity contribution in [1.29, 1.82) is 0 Å². The van der Waals surface area contributed by atoms with Gasteiger partial charge in [0.25, 0.3) is 0 Å². The smallest absolute Gasteiger partial charge is 0.159 e. The summed E-state index contributed by atoms with van der Waals surface area (Å²) in [5, 5.41) is 32.1. The van der Waals surface area contributed by atoms with Crippen LogP contribution in [0.2, 0.25) is 0 Å². The molecule has 0 radical (unpaired) electrons. The number of rotatable bonds is 1. The maximum atomic E-state index is 12.9. The molecule has 5 nitrogen and oxygen atoms in total. The fourth-order valence-electron chi connectivity index (χ4n) is 7.02. The Morgan fingerprint density at radius 3 is 2.46 bits per heavy atom. The molecule has 7 unspecified atom stereocenters. The lowest BCUT2D eigenvalue weighted by Crippen LogP contribution is -2.60. The summed E-state index contributed by atoms with van der Waals surface area (Å²) in [6.45, 7) is 5.64. The van der Waals surface area contributed by atoms with Crippen LogP contribution >= 0.6 is 0 Å². The van der Waals surface area contributed by atoms with Crippen LogP contribution in [0.15, 0.2) is 11.6 Å². The largest absolute Gasteiger partial charge is 0.390 e. The van der Waals surface area contributed by atoms with E-state index in [1.54, 1.807) is 13.0 Å². The SMILES string of the molecule is CC(=O)C1CC[C@@]2(O)C3=CC(=O)C4CC(O)C(O)CC4(C)C3CCC12C. The average molecular weight is 362 g/mol. The topological polar surface area (TPSA) is 94.8 Å². The summed E-state index contributed by atoms with van der Waals surface area (Å²) in [6.07, 6.45) is 3.29. The Balaban J connectivity index is 1.80. The van der Waals surface area contributed by atoms with E-state index in [1.807, 2.05) is 13.8 Å². The number of carbonyl (C=O) groups is 2. The number of carbonyl (C=O) groups excluding carboxylic acids is 2. The molecular formula is C21H30O5. The average Bonchev–Trinajstić information content (AvgIpc) is 2.83. The van der Waals surface area contributed by atoms with Gasteiger partial charge in [0.1, 0.15) is 5.78 Å². The van der Waals surface area contributed by atoms with E-state index in [4.69, 9.17) is 0 Å². The van der Waals surface area contributed by atoms with E-state index < -0.39 is 28.6 Å². The second-order valence-electron chi connectivity index (χ2n) is 9.71. The molecule has 3 N–H and O–H groups in total. The molecule has 0 saturated heterocycles. The van der Waals surface area contributed by atoms with Crippen LogP contribution in [0.1, 0.15) is 59.3 Å². The predicted octanol–water partition coefficient (Wildman–Crippen LogP) is 1.78. The van der Waals surface area contributed by atoms with Gasteiger partial charge < -0.3 is 15.3 Å². The minimum Gasteiger partial charge on any atom is -0.390 e. The minimum atomic E-state index is -1.13. The van der Waals surface area contributed by atoms with E-state index in [0.717, 1.165) is 18.4 Å². The van der Waals surface area contributed by atoms with Crippen molar-refractivity contribution in [1.82, 2.24) is 0 Å².